The third-order valence-electron chi connectivity index (χ3n) is 4.32. The Kier molecular flexibility index (Phi) is 5.44. The van der Waals surface area contributed by atoms with Crippen molar-refractivity contribution in [1.29, 1.82) is 0 Å². The number of amides is 1. The zero-order valence-corrected chi connectivity index (χ0v) is 15.9. The van der Waals surface area contributed by atoms with Gasteiger partial charge in [0.25, 0.3) is 0 Å². The molecule has 1 aliphatic heterocycles. The van der Waals surface area contributed by atoms with Gasteiger partial charge in [-0.3, -0.25) is 4.79 Å². The van der Waals surface area contributed by atoms with Crippen LogP contribution in [0.25, 0.3) is 11.4 Å². The largest absolute Gasteiger partial charge is 0.372 e. The van der Waals surface area contributed by atoms with E-state index in [9.17, 15) is 4.79 Å². The fourth-order valence-electron chi connectivity index (χ4n) is 3.10. The molecule has 2 heterocycles. The maximum atomic E-state index is 12.5. The number of ether oxygens (including phenoxy) is 1. The number of benzene rings is 1. The molecule has 7 heteroatoms. The minimum atomic E-state index is 0.0835. The molecular weight excluding hydrogens is 336 g/mol. The van der Waals surface area contributed by atoms with Gasteiger partial charge in [0.1, 0.15) is 0 Å². The van der Waals surface area contributed by atoms with Gasteiger partial charge in [0.2, 0.25) is 5.91 Å². The number of hydrogen-bond donors (Lipinski definition) is 0. The number of nitrogens with zero attached hydrogens (tertiary/aromatic N) is 4. The molecule has 1 aliphatic rings. The van der Waals surface area contributed by atoms with Crippen LogP contribution in [0, 0.1) is 6.92 Å². The first kappa shape index (κ1) is 17.9. The van der Waals surface area contributed by atoms with E-state index in [1.54, 1.807) is 0 Å². The normalized spacial score (nSPS) is 20.7. The summed E-state index contributed by atoms with van der Waals surface area (Å²) in [4.78, 5) is 14.4. The van der Waals surface area contributed by atoms with Crippen molar-refractivity contribution < 1.29 is 9.53 Å². The standard InChI is InChI=1S/C18H24N4O2S/c1-12-7-5-6-8-15(12)17-19-20-18(21(17)4)25-11-16(23)22-9-13(2)24-14(3)10-22/h5-8,13-14H,9-11H2,1-4H3/t13-,14-/m0/s1. The molecule has 0 radical (unpaired) electrons. The Labute approximate surface area is 152 Å². The predicted octanol–water partition coefficient (Wildman–Crippen LogP) is 2.52. The van der Waals surface area contributed by atoms with Crippen molar-refractivity contribution in [3.05, 3.63) is 29.8 Å². The molecule has 1 aromatic heterocycles. The molecule has 134 valence electrons. The van der Waals surface area contributed by atoms with Crippen molar-refractivity contribution in [2.75, 3.05) is 18.8 Å². The molecule has 2 atom stereocenters. The topological polar surface area (TPSA) is 60.3 Å². The first-order valence-corrected chi connectivity index (χ1v) is 9.45. The van der Waals surface area contributed by atoms with Gasteiger partial charge in [-0.2, -0.15) is 0 Å². The summed E-state index contributed by atoms with van der Waals surface area (Å²) in [6, 6.07) is 8.10. The van der Waals surface area contributed by atoms with E-state index in [0.717, 1.165) is 22.1 Å². The van der Waals surface area contributed by atoms with Gasteiger partial charge in [0.15, 0.2) is 11.0 Å². The Morgan fingerprint density at radius 3 is 2.60 bits per heavy atom. The fourth-order valence-corrected chi connectivity index (χ4v) is 3.91. The van der Waals surface area contributed by atoms with Crippen molar-refractivity contribution >= 4 is 17.7 Å². The molecule has 0 saturated carbocycles. The molecular formula is C18H24N4O2S. The number of rotatable bonds is 4. The lowest BCUT2D eigenvalue weighted by molar-refractivity contribution is -0.140. The quantitative estimate of drug-likeness (QED) is 0.784. The number of thioether (sulfide) groups is 1. The average Bonchev–Trinajstić information content (AvgIpc) is 2.93. The molecule has 25 heavy (non-hydrogen) atoms. The summed E-state index contributed by atoms with van der Waals surface area (Å²) in [6.07, 6.45) is 0.167. The number of carbonyl (C=O) groups excluding carboxylic acids is 1. The molecule has 1 fully saturated rings. The van der Waals surface area contributed by atoms with E-state index in [-0.39, 0.29) is 18.1 Å². The van der Waals surface area contributed by atoms with Gasteiger partial charge in [-0.1, -0.05) is 36.0 Å². The predicted molar refractivity (Wildman–Crippen MR) is 98.5 cm³/mol. The van der Waals surface area contributed by atoms with Gasteiger partial charge in [-0.05, 0) is 26.3 Å². The molecule has 0 bridgehead atoms. The minimum absolute atomic E-state index is 0.0835. The maximum Gasteiger partial charge on any atom is 0.233 e. The number of carbonyl (C=O) groups is 1. The third-order valence-corrected chi connectivity index (χ3v) is 5.32. The Balaban J connectivity index is 1.66. The maximum absolute atomic E-state index is 12.5. The number of morpholine rings is 1. The summed E-state index contributed by atoms with van der Waals surface area (Å²) in [7, 11) is 1.94. The summed E-state index contributed by atoms with van der Waals surface area (Å²) in [6.45, 7) is 7.36. The zero-order chi connectivity index (χ0) is 18.0. The molecule has 1 amide bonds. The lowest BCUT2D eigenvalue weighted by atomic mass is 10.1. The summed E-state index contributed by atoms with van der Waals surface area (Å²) < 4.78 is 7.63. The average molecular weight is 360 g/mol. The van der Waals surface area contributed by atoms with E-state index in [1.165, 1.54) is 11.8 Å². The molecule has 1 aromatic carbocycles. The summed E-state index contributed by atoms with van der Waals surface area (Å²) in [5, 5.41) is 9.32. The smallest absolute Gasteiger partial charge is 0.233 e. The van der Waals surface area contributed by atoms with Crippen LogP contribution in [-0.4, -0.2) is 56.6 Å². The zero-order valence-electron chi connectivity index (χ0n) is 15.1. The van der Waals surface area contributed by atoms with Crippen LogP contribution in [0.5, 0.6) is 0 Å². The molecule has 0 spiro atoms. The van der Waals surface area contributed by atoms with Crippen LogP contribution in [0.15, 0.2) is 29.4 Å². The second kappa shape index (κ2) is 7.58. The number of aryl methyl sites for hydroxylation is 1. The first-order valence-electron chi connectivity index (χ1n) is 8.47. The fraction of sp³-hybridized carbons (Fsp3) is 0.500. The highest BCUT2D eigenvalue weighted by atomic mass is 32.2. The minimum Gasteiger partial charge on any atom is -0.372 e. The molecule has 0 aliphatic carbocycles. The van der Waals surface area contributed by atoms with Gasteiger partial charge < -0.3 is 14.2 Å². The van der Waals surface area contributed by atoms with Gasteiger partial charge >= 0.3 is 0 Å². The van der Waals surface area contributed by atoms with E-state index >= 15 is 0 Å². The highest BCUT2D eigenvalue weighted by Crippen LogP contribution is 2.25. The number of aromatic nitrogens is 3. The van der Waals surface area contributed by atoms with Crippen LogP contribution < -0.4 is 0 Å². The van der Waals surface area contributed by atoms with Crippen LogP contribution in [0.2, 0.25) is 0 Å². The van der Waals surface area contributed by atoms with Gasteiger partial charge in [0.05, 0.1) is 18.0 Å². The van der Waals surface area contributed by atoms with E-state index in [4.69, 9.17) is 4.74 Å². The molecule has 3 rings (SSSR count). The molecule has 6 nitrogen and oxygen atoms in total. The van der Waals surface area contributed by atoms with Gasteiger partial charge in [0, 0.05) is 25.7 Å². The van der Waals surface area contributed by atoms with Crippen molar-refractivity contribution in [3.8, 4) is 11.4 Å². The van der Waals surface area contributed by atoms with Crippen molar-refractivity contribution in [3.63, 3.8) is 0 Å². The second-order valence-corrected chi connectivity index (χ2v) is 7.47. The van der Waals surface area contributed by atoms with Crippen molar-refractivity contribution in [1.82, 2.24) is 19.7 Å². The van der Waals surface area contributed by atoms with Crippen LogP contribution >= 0.6 is 11.8 Å². The summed E-state index contributed by atoms with van der Waals surface area (Å²) >= 11 is 1.43. The highest BCUT2D eigenvalue weighted by molar-refractivity contribution is 7.99. The Bertz CT molecular complexity index is 751. The third kappa shape index (κ3) is 4.04. The Morgan fingerprint density at radius 1 is 1.24 bits per heavy atom. The Morgan fingerprint density at radius 2 is 1.92 bits per heavy atom. The van der Waals surface area contributed by atoms with Crippen LogP contribution in [0.3, 0.4) is 0 Å². The van der Waals surface area contributed by atoms with Crippen molar-refractivity contribution in [2.45, 2.75) is 38.1 Å². The van der Waals surface area contributed by atoms with E-state index in [0.29, 0.717) is 18.8 Å². The monoisotopic (exact) mass is 360 g/mol. The SMILES string of the molecule is Cc1ccccc1-c1nnc(SCC(=O)N2C[C@H](C)O[C@@H](C)C2)n1C. The Hall–Kier alpha value is -1.86. The van der Waals surface area contributed by atoms with Gasteiger partial charge in [-0.15, -0.1) is 10.2 Å². The lowest BCUT2D eigenvalue weighted by Crippen LogP contribution is -2.48. The van der Waals surface area contributed by atoms with Gasteiger partial charge in [-0.25, -0.2) is 0 Å². The molecule has 2 aromatic rings. The molecule has 1 saturated heterocycles. The summed E-state index contributed by atoms with van der Waals surface area (Å²) in [5.41, 5.74) is 2.22. The van der Waals surface area contributed by atoms with Crippen LogP contribution in [0.4, 0.5) is 0 Å². The lowest BCUT2D eigenvalue weighted by Gasteiger charge is -2.35. The highest BCUT2D eigenvalue weighted by Gasteiger charge is 2.26. The molecule has 0 N–H and O–H groups in total. The molecule has 0 unspecified atom stereocenters. The van der Waals surface area contributed by atoms with Crippen LogP contribution in [0.1, 0.15) is 19.4 Å². The van der Waals surface area contributed by atoms with E-state index in [2.05, 4.69) is 23.2 Å². The van der Waals surface area contributed by atoms with E-state index in [1.807, 2.05) is 48.6 Å². The van der Waals surface area contributed by atoms with Crippen LogP contribution in [-0.2, 0) is 16.6 Å². The second-order valence-electron chi connectivity index (χ2n) is 6.52. The first-order chi connectivity index (χ1) is 12.0. The summed E-state index contributed by atoms with van der Waals surface area (Å²) in [5.74, 6) is 1.30. The number of hydrogen-bond acceptors (Lipinski definition) is 5. The van der Waals surface area contributed by atoms with Crippen molar-refractivity contribution in [2.24, 2.45) is 7.05 Å². The van der Waals surface area contributed by atoms with E-state index < -0.39 is 0 Å².